The molecule has 0 spiro atoms. The lowest BCUT2D eigenvalue weighted by Gasteiger charge is -2.45. The molecule has 0 bridgehead atoms. The molecule has 0 radical (unpaired) electrons. The minimum Gasteiger partial charge on any atom is -0.493 e. The average molecular weight is 478 g/mol. The fraction of sp³-hybridized carbons (Fsp3) is 0.731. The van der Waals surface area contributed by atoms with Crippen LogP contribution in [0.3, 0.4) is 0 Å². The summed E-state index contributed by atoms with van der Waals surface area (Å²) in [6, 6.07) is 6.94. The highest BCUT2D eigenvalue weighted by molar-refractivity contribution is 7.98. The minimum atomic E-state index is -0.0589. The Morgan fingerprint density at radius 3 is 2.64 bits per heavy atom. The zero-order valence-corrected chi connectivity index (χ0v) is 21.8. The molecule has 3 atom stereocenters. The molecule has 1 saturated carbocycles. The van der Waals surface area contributed by atoms with Gasteiger partial charge in [-0.1, -0.05) is 39.2 Å². The fourth-order valence-electron chi connectivity index (χ4n) is 5.58. The molecule has 1 aromatic carbocycles. The van der Waals surface area contributed by atoms with Crippen molar-refractivity contribution < 1.29 is 14.3 Å². The summed E-state index contributed by atoms with van der Waals surface area (Å²) in [5, 5.41) is 3.40. The Labute approximate surface area is 204 Å². The van der Waals surface area contributed by atoms with Crippen molar-refractivity contribution in [3.63, 3.8) is 0 Å². The molecule has 1 saturated heterocycles. The first-order chi connectivity index (χ1) is 16.1. The lowest BCUT2D eigenvalue weighted by Crippen LogP contribution is -2.48. The molecule has 2 N–H and O–H groups in total. The Balaban J connectivity index is 1.73. The van der Waals surface area contributed by atoms with Gasteiger partial charge in [-0.2, -0.15) is 0 Å². The van der Waals surface area contributed by atoms with Crippen molar-refractivity contribution >= 4 is 18.0 Å². The normalized spacial score (nSPS) is 24.8. The highest BCUT2D eigenvalue weighted by Gasteiger charge is 2.51. The van der Waals surface area contributed by atoms with E-state index in [-0.39, 0.29) is 11.4 Å². The van der Waals surface area contributed by atoms with Crippen LogP contribution in [0.15, 0.2) is 18.2 Å². The second kappa shape index (κ2) is 12.7. The quantitative estimate of drug-likeness (QED) is 0.307. The van der Waals surface area contributed by atoms with Gasteiger partial charge in [-0.25, -0.2) is 4.79 Å². The van der Waals surface area contributed by atoms with Gasteiger partial charge in [-0.3, -0.25) is 9.62 Å². The molecule has 186 valence electrons. The minimum absolute atomic E-state index is 0.0589. The number of ether oxygens (including phenoxy) is 2. The molecule has 1 heterocycles. The monoisotopic (exact) mass is 477 g/mol. The second-order valence-corrected chi connectivity index (χ2v) is 10.6. The van der Waals surface area contributed by atoms with Crippen molar-refractivity contribution in [3.8, 4) is 11.5 Å². The lowest BCUT2D eigenvalue weighted by atomic mass is 9.66. The number of carbonyl (C=O) groups is 1. The summed E-state index contributed by atoms with van der Waals surface area (Å²) in [7, 11) is 3.41. The Hall–Kier alpha value is -1.60. The Bertz CT molecular complexity index is 762. The van der Waals surface area contributed by atoms with E-state index >= 15 is 0 Å². The molecular formula is C26H43N3O3S. The van der Waals surface area contributed by atoms with E-state index in [0.717, 1.165) is 63.2 Å². The molecule has 7 heteroatoms. The third kappa shape index (κ3) is 6.30. The number of unbranched alkanes of at least 4 members (excludes halogenated alkanes) is 3. The van der Waals surface area contributed by atoms with Gasteiger partial charge in [0.15, 0.2) is 11.5 Å². The highest BCUT2D eigenvalue weighted by atomic mass is 32.2. The van der Waals surface area contributed by atoms with E-state index in [1.165, 1.54) is 31.2 Å². The largest absolute Gasteiger partial charge is 0.493 e. The number of hydrogen-bond donors (Lipinski definition) is 2. The summed E-state index contributed by atoms with van der Waals surface area (Å²) < 4.78 is 14.2. The number of benzene rings is 1. The molecule has 2 aliphatic rings. The van der Waals surface area contributed by atoms with E-state index in [2.05, 4.69) is 47.0 Å². The van der Waals surface area contributed by atoms with Gasteiger partial charge < -0.3 is 14.8 Å². The summed E-state index contributed by atoms with van der Waals surface area (Å²) >= 11 is 1.62. The van der Waals surface area contributed by atoms with E-state index in [4.69, 9.17) is 9.47 Å². The van der Waals surface area contributed by atoms with Crippen LogP contribution in [-0.2, 0) is 5.41 Å². The first-order valence-corrected chi connectivity index (χ1v) is 13.6. The van der Waals surface area contributed by atoms with Crippen LogP contribution < -0.4 is 19.5 Å². The van der Waals surface area contributed by atoms with Gasteiger partial charge in [0.1, 0.15) is 0 Å². The summed E-state index contributed by atoms with van der Waals surface area (Å²) in [5.74, 6) is 1.60. The maximum absolute atomic E-state index is 12.2. The smallest absolute Gasteiger partial charge is 0.324 e. The van der Waals surface area contributed by atoms with Crippen molar-refractivity contribution in [1.29, 1.82) is 0 Å². The Morgan fingerprint density at radius 2 is 1.91 bits per heavy atom. The number of urea groups is 1. The van der Waals surface area contributed by atoms with Crippen LogP contribution in [0.4, 0.5) is 4.79 Å². The zero-order chi connectivity index (χ0) is 23.7. The van der Waals surface area contributed by atoms with E-state index < -0.39 is 0 Å². The molecule has 3 unspecified atom stereocenters. The van der Waals surface area contributed by atoms with Crippen LogP contribution in [0.1, 0.15) is 77.2 Å². The number of rotatable bonds is 12. The highest BCUT2D eigenvalue weighted by Crippen LogP contribution is 2.51. The van der Waals surface area contributed by atoms with Gasteiger partial charge >= 0.3 is 6.03 Å². The van der Waals surface area contributed by atoms with E-state index in [9.17, 15) is 4.79 Å². The summed E-state index contributed by atoms with van der Waals surface area (Å²) in [6.07, 6.45) is 10.4. The van der Waals surface area contributed by atoms with E-state index in [0.29, 0.717) is 11.3 Å². The van der Waals surface area contributed by atoms with Crippen molar-refractivity contribution in [1.82, 2.24) is 14.9 Å². The maximum Gasteiger partial charge on any atom is 0.324 e. The van der Waals surface area contributed by atoms with Crippen LogP contribution >= 0.6 is 11.9 Å². The Kier molecular flexibility index (Phi) is 10.0. The number of methoxy groups -OCH3 is 2. The van der Waals surface area contributed by atoms with Gasteiger partial charge in [-0.05, 0) is 81.3 Å². The summed E-state index contributed by atoms with van der Waals surface area (Å²) in [5.41, 5.74) is 1.52. The van der Waals surface area contributed by atoms with Crippen molar-refractivity contribution in [2.24, 2.45) is 0 Å². The number of nitrogens with one attached hydrogen (secondary N) is 2. The van der Waals surface area contributed by atoms with Crippen LogP contribution in [0.2, 0.25) is 0 Å². The second-order valence-electron chi connectivity index (χ2n) is 9.46. The topological polar surface area (TPSA) is 62.8 Å². The fourth-order valence-corrected chi connectivity index (χ4v) is 6.45. The predicted molar refractivity (Wildman–Crippen MR) is 137 cm³/mol. The van der Waals surface area contributed by atoms with Gasteiger partial charge in [0.05, 0.1) is 14.2 Å². The molecule has 33 heavy (non-hydrogen) atoms. The van der Waals surface area contributed by atoms with Gasteiger partial charge in [0, 0.05) is 23.3 Å². The molecule has 2 fully saturated rings. The Morgan fingerprint density at radius 1 is 1.12 bits per heavy atom. The SMILES string of the molecule is CCCCCN1CCC2(c3ccc(OC)c(OC)c3)CCC(SNC(=O)NCCCC)CC12. The van der Waals surface area contributed by atoms with Crippen molar-refractivity contribution in [2.45, 2.75) is 88.3 Å². The predicted octanol–water partition coefficient (Wildman–Crippen LogP) is 5.51. The number of likely N-dealkylation sites (tertiary alicyclic amines) is 1. The number of carbonyl (C=O) groups excluding carboxylic acids is 1. The molecule has 1 aliphatic carbocycles. The molecule has 1 aromatic rings. The van der Waals surface area contributed by atoms with Crippen LogP contribution in [0, 0.1) is 0 Å². The molecule has 0 aromatic heterocycles. The zero-order valence-electron chi connectivity index (χ0n) is 21.0. The third-order valence-corrected chi connectivity index (χ3v) is 8.53. The standard InChI is InChI=1S/C26H43N3O3S/c1-5-7-9-16-29-17-14-26(20-10-11-22(31-3)23(18-20)32-4)13-12-21(19-24(26)29)33-28-25(30)27-15-8-6-2/h10-11,18,21,24H,5-9,12-17,19H2,1-4H3,(H2,27,28,30). The van der Waals surface area contributed by atoms with Crippen LogP contribution in [0.5, 0.6) is 11.5 Å². The number of nitrogens with zero attached hydrogens (tertiary/aromatic N) is 1. The van der Waals surface area contributed by atoms with Crippen LogP contribution in [0.25, 0.3) is 0 Å². The number of hydrogen-bond acceptors (Lipinski definition) is 5. The summed E-state index contributed by atoms with van der Waals surface area (Å²) in [6.45, 7) is 7.45. The third-order valence-electron chi connectivity index (χ3n) is 7.46. The van der Waals surface area contributed by atoms with Crippen molar-refractivity contribution in [2.75, 3.05) is 33.9 Å². The average Bonchev–Trinajstić information content (AvgIpc) is 3.21. The number of fused-ring (bicyclic) bond motifs is 1. The van der Waals surface area contributed by atoms with Crippen molar-refractivity contribution in [3.05, 3.63) is 23.8 Å². The molecule has 6 nitrogen and oxygen atoms in total. The van der Waals surface area contributed by atoms with E-state index in [1.54, 1.807) is 26.2 Å². The number of amides is 2. The first-order valence-electron chi connectivity index (χ1n) is 12.7. The molecular weight excluding hydrogens is 434 g/mol. The van der Waals surface area contributed by atoms with Crippen LogP contribution in [-0.4, -0.2) is 56.1 Å². The lowest BCUT2D eigenvalue weighted by molar-refractivity contribution is 0.157. The van der Waals surface area contributed by atoms with Gasteiger partial charge in [0.2, 0.25) is 0 Å². The van der Waals surface area contributed by atoms with Gasteiger partial charge in [0.25, 0.3) is 0 Å². The molecule has 3 rings (SSSR count). The van der Waals surface area contributed by atoms with Gasteiger partial charge in [-0.15, -0.1) is 0 Å². The molecule has 1 aliphatic heterocycles. The first kappa shape index (κ1) is 26.0. The summed E-state index contributed by atoms with van der Waals surface area (Å²) in [4.78, 5) is 14.9. The molecule has 2 amide bonds. The maximum atomic E-state index is 12.2. The van der Waals surface area contributed by atoms with E-state index in [1.807, 2.05) is 0 Å².